The van der Waals surface area contributed by atoms with Crippen molar-refractivity contribution in [1.82, 2.24) is 105 Å². The van der Waals surface area contributed by atoms with Gasteiger partial charge in [0.1, 0.15) is 0 Å². The first kappa shape index (κ1) is 118. The van der Waals surface area contributed by atoms with E-state index in [9.17, 15) is 0 Å². The topological polar surface area (TPSA) is 399 Å². The summed E-state index contributed by atoms with van der Waals surface area (Å²) in [4.78, 5) is 19.6. The molecular weight excluding hydrogens is 1910 g/mol. The van der Waals surface area contributed by atoms with Crippen LogP contribution in [0, 0.1) is 21.3 Å². The van der Waals surface area contributed by atoms with Gasteiger partial charge in [-0.25, -0.2) is 10.5 Å². The van der Waals surface area contributed by atoms with Gasteiger partial charge >= 0.3 is 66.7 Å². The van der Waals surface area contributed by atoms with E-state index in [1.807, 2.05) is 0 Å². The number of thiocyanates is 2. The zero-order valence-electron chi connectivity index (χ0n) is 73.3. The van der Waals surface area contributed by atoms with Gasteiger partial charge in [0.2, 0.25) is 0 Å². The summed E-state index contributed by atoms with van der Waals surface area (Å²) >= 11 is 14.8. The van der Waals surface area contributed by atoms with Crippen molar-refractivity contribution in [3.8, 4) is 10.8 Å². The summed E-state index contributed by atoms with van der Waals surface area (Å²) in [5.74, 6) is 0. The van der Waals surface area contributed by atoms with Crippen LogP contribution in [-0.4, -0.2) is 190 Å². The van der Waals surface area contributed by atoms with Crippen LogP contribution < -0.4 is 85.1 Å². The van der Waals surface area contributed by atoms with Gasteiger partial charge in [-0.1, -0.05) is 162 Å². The molecule has 2 radical (unpaired) electrons. The number of hydrogen-bond acceptors (Lipinski definition) is 26. The SMILES string of the molecule is N#C[S-].N#C[S-].O.O.[Cl][Mn][Cl].[Cl][Mn][Cl].[Mn].[Mn].[N-]=C=S.[N-]=C=S.c1cc2nc(c1)CN[C@@H]1CCCCC1NCCNC1CCCC[C@H]1NC2.c1cc2nc(c1)CN[C@@H]1CCCCC1NCCNC1CCCC[C@H]1NC2.c1cc2nc(c1)CN[C@H]1CCCCC1NCCNC1CCCC[C@@H]1NC2.c1cc2nc(c1)CN[C@H]1CCCCC1NCCNC1CCCC[C@@H]1NC2. The maximum absolute atomic E-state index is 7.13. The summed E-state index contributed by atoms with van der Waals surface area (Å²) in [5.41, 5.74) is 9.35. The number of rotatable bonds is 0. The first-order valence-corrected chi connectivity index (χ1v) is 53.5. The van der Waals surface area contributed by atoms with Crippen LogP contribution in [0.1, 0.15) is 251 Å². The van der Waals surface area contributed by atoms with Gasteiger partial charge in [-0.3, -0.25) is 19.9 Å². The third-order valence-electron chi connectivity index (χ3n) is 25.7. The second kappa shape index (κ2) is 75.3. The summed E-state index contributed by atoms with van der Waals surface area (Å²) < 4.78 is 0. The van der Waals surface area contributed by atoms with Crippen molar-refractivity contribution in [2.75, 3.05) is 52.4 Å². The van der Waals surface area contributed by atoms with E-state index in [4.69, 9.17) is 81.7 Å². The molecule has 8 heterocycles. The number of halogens is 4. The van der Waals surface area contributed by atoms with Crippen LogP contribution in [0.4, 0.5) is 0 Å². The Morgan fingerprint density at radius 2 is 0.349 bits per heavy atom. The molecule has 8 aliphatic carbocycles. The standard InChI is InChI=1S/4C21H35N5.2CHNS.2CNS.4ClH.4Mn.2H2O/c4*1-3-10-20-18(8-1)22-12-13-23-19-9-2-4-11-21(19)25-15-17-7-5-6-16(26-17)14-24-20;4*2-1-3;;;;;;;;;;/h4*5-7,18-25H,1-4,8-15H2;2*3H;;;4*1H;;;;;2*1H2/q;;;;;;2*-1;;;;;;;2*+2;;/p-6/t4*18?,19?,20-,21-;;;;;;;;;;;;;;/m1100............../s1. The second-order valence-electron chi connectivity index (χ2n) is 33.6. The normalized spacial score (nSPS) is 28.6. The van der Waals surface area contributed by atoms with E-state index in [2.05, 4.69) is 208 Å². The number of thiocarbonyl (C=S) groups is 2. The molecule has 4 aliphatic heterocycles. The quantitative estimate of drug-likeness (QED) is 0.0256. The number of nitrogens with zero attached hydrogens (tertiary/aromatic N) is 8. The van der Waals surface area contributed by atoms with Crippen molar-refractivity contribution in [1.29, 1.82) is 10.5 Å². The molecule has 8 bridgehead atoms. The van der Waals surface area contributed by atoms with Gasteiger partial charge in [0.25, 0.3) is 0 Å². The Morgan fingerprint density at radius 1 is 0.262 bits per heavy atom. The molecule has 16 atom stereocenters. The van der Waals surface area contributed by atoms with Crippen LogP contribution in [0.3, 0.4) is 0 Å². The summed E-state index contributed by atoms with van der Waals surface area (Å²) in [5, 5.41) is 94.8. The summed E-state index contributed by atoms with van der Waals surface area (Å²) in [6.07, 6.45) is 42.1. The molecule has 8 fully saturated rings. The average Bonchev–Trinajstić information content (AvgIpc) is 1.71. The molecule has 16 rings (SSSR count). The molecule has 38 heteroatoms. The predicted molar refractivity (Wildman–Crippen MR) is 513 cm³/mol. The number of isothiocyanates is 2. The van der Waals surface area contributed by atoms with E-state index < -0.39 is 0 Å². The van der Waals surface area contributed by atoms with Gasteiger partial charge in [-0.05, 0) is 151 Å². The van der Waals surface area contributed by atoms with Gasteiger partial charge in [-0.15, -0.1) is 0 Å². The van der Waals surface area contributed by atoms with Crippen LogP contribution in [-0.2, 0) is 138 Å². The average molecular weight is 2060 g/mol. The summed E-state index contributed by atoms with van der Waals surface area (Å²) in [7, 11) is 19.2. The fourth-order valence-corrected chi connectivity index (χ4v) is 19.8. The number of nitrogens with one attached hydrogen (secondary N) is 16. The zero-order valence-corrected chi connectivity index (χ0v) is 84.4. The molecule has 0 amide bonds. The van der Waals surface area contributed by atoms with Crippen molar-refractivity contribution in [2.45, 2.75) is 354 Å². The Morgan fingerprint density at radius 3 is 0.444 bits per heavy atom. The third kappa shape index (κ3) is 47.6. The van der Waals surface area contributed by atoms with Crippen molar-refractivity contribution >= 4 is 100 Å². The molecule has 0 aromatic carbocycles. The number of aromatic nitrogens is 4. The predicted octanol–water partition coefficient (Wildman–Crippen LogP) is 10.7. The molecule has 0 spiro atoms. The maximum Gasteiger partial charge on any atom is 0.0545 e. The number of hydrogen-bond donors (Lipinski definition) is 16. The number of fused-ring (bicyclic) bond motifs is 16. The molecular formula is C88H144Cl4Mn4N24O2S4-4. The minimum absolute atomic E-state index is 0. The molecule has 12 aliphatic rings. The minimum Gasteiger partial charge on any atom is -0.753 e. The first-order valence-electron chi connectivity index (χ1n) is 45.3. The van der Waals surface area contributed by atoms with E-state index in [0.29, 0.717) is 96.7 Å². The van der Waals surface area contributed by atoms with Crippen LogP contribution in [0.15, 0.2) is 72.8 Å². The Hall–Kier alpha value is -1.86. The molecule has 20 N–H and O–H groups in total. The minimum atomic E-state index is 0. The third-order valence-corrected chi connectivity index (χ3v) is 25.7. The van der Waals surface area contributed by atoms with Crippen molar-refractivity contribution in [3.05, 3.63) is 129 Å². The van der Waals surface area contributed by atoms with Crippen LogP contribution >= 0.6 is 64.8 Å². The van der Waals surface area contributed by atoms with Crippen molar-refractivity contribution < 1.29 is 71.4 Å². The van der Waals surface area contributed by atoms with Crippen LogP contribution in [0.5, 0.6) is 0 Å². The van der Waals surface area contributed by atoms with Crippen molar-refractivity contribution in [3.63, 3.8) is 0 Å². The Balaban J connectivity index is 0.000000402. The first-order chi connectivity index (χ1) is 60.0. The van der Waals surface area contributed by atoms with Crippen LogP contribution in [0.2, 0.25) is 0 Å². The summed E-state index contributed by atoms with van der Waals surface area (Å²) in [6, 6.07) is 35.2. The van der Waals surface area contributed by atoms with Crippen molar-refractivity contribution in [2.24, 2.45) is 0 Å². The smallest absolute Gasteiger partial charge is 0.0545 e. The molecule has 0 saturated heterocycles. The molecule has 712 valence electrons. The van der Waals surface area contributed by atoms with Gasteiger partial charge in [-0.2, -0.15) is 10.3 Å². The second-order valence-corrected chi connectivity index (χ2v) is 38.2. The Labute approximate surface area is 826 Å². The zero-order chi connectivity index (χ0) is 86.7. The van der Waals surface area contributed by atoms with E-state index in [-0.39, 0.29) is 71.4 Å². The van der Waals surface area contributed by atoms with E-state index in [1.165, 1.54) is 272 Å². The molecule has 4 aromatic rings. The van der Waals surface area contributed by atoms with Gasteiger partial charge < -0.3 is 132 Å². The van der Waals surface area contributed by atoms with Crippen LogP contribution in [0.25, 0.3) is 10.8 Å². The molecule has 8 unspecified atom stereocenters. The fourth-order valence-electron chi connectivity index (χ4n) is 19.8. The number of nitriles is 2. The van der Waals surface area contributed by atoms with Gasteiger partial charge in [0.05, 0.1) is 45.6 Å². The largest absolute Gasteiger partial charge is 0.753 e. The Bertz CT molecular complexity index is 2980. The summed E-state index contributed by atoms with van der Waals surface area (Å²) in [6.45, 7) is 15.5. The van der Waals surface area contributed by atoms with E-state index in [1.54, 1.807) is 0 Å². The van der Waals surface area contributed by atoms with Gasteiger partial charge in [0, 0.05) is 236 Å². The molecule has 4 aromatic heterocycles. The molecule has 126 heavy (non-hydrogen) atoms. The van der Waals surface area contributed by atoms with Gasteiger partial charge in [0.15, 0.2) is 0 Å². The maximum atomic E-state index is 7.13. The monoisotopic (exact) mass is 2060 g/mol. The fraction of sp³-hybridized carbons (Fsp3) is 0.727. The Kier molecular flexibility index (Phi) is 70.7. The van der Waals surface area contributed by atoms with E-state index >= 15 is 0 Å². The van der Waals surface area contributed by atoms with E-state index in [0.717, 1.165) is 105 Å². The molecule has 8 saturated carbocycles. The molecule has 26 nitrogen and oxygen atoms in total. The number of pyridine rings is 4.